The lowest BCUT2D eigenvalue weighted by molar-refractivity contribution is 0.147. The highest BCUT2D eigenvalue weighted by molar-refractivity contribution is 5.22. The molecule has 0 rings (SSSR count). The molecule has 0 bridgehead atoms. The van der Waals surface area contributed by atoms with E-state index in [1.165, 1.54) is 0 Å². The maximum absolute atomic E-state index is 11.7. The van der Waals surface area contributed by atoms with Crippen molar-refractivity contribution in [3.8, 4) is 0 Å². The van der Waals surface area contributed by atoms with Crippen molar-refractivity contribution in [1.82, 2.24) is 5.32 Å². The third-order valence-electron chi connectivity index (χ3n) is 1.44. The first-order valence-corrected chi connectivity index (χ1v) is 5.13. The molecule has 0 aliphatic rings. The van der Waals surface area contributed by atoms with Gasteiger partial charge < -0.3 is 5.32 Å². The summed E-state index contributed by atoms with van der Waals surface area (Å²) < 4.78 is 23.5. The Morgan fingerprint density at radius 2 is 2.00 bits per heavy atom. The van der Waals surface area contributed by atoms with E-state index in [4.69, 9.17) is 0 Å². The van der Waals surface area contributed by atoms with Crippen LogP contribution in [-0.2, 0) is 0 Å². The Morgan fingerprint density at radius 3 is 2.40 bits per heavy atom. The van der Waals surface area contributed by atoms with E-state index >= 15 is 0 Å². The maximum Gasteiger partial charge on any atom is 0.250 e. The first-order chi connectivity index (χ1) is 7.20. The summed E-state index contributed by atoms with van der Waals surface area (Å²) >= 11 is 0. The van der Waals surface area contributed by atoms with Gasteiger partial charge in [0, 0.05) is 6.54 Å². The molecule has 0 aromatic rings. The van der Waals surface area contributed by atoms with Crippen LogP contribution in [0.3, 0.4) is 0 Å². The number of alkyl halides is 2. The molecule has 0 aromatic carbocycles. The molecule has 88 valence electrons. The van der Waals surface area contributed by atoms with Crippen LogP contribution in [0.25, 0.3) is 0 Å². The molecule has 0 aromatic heterocycles. The molecule has 0 unspecified atom stereocenters. The Bertz CT molecular complexity index is 196. The van der Waals surface area contributed by atoms with Crippen molar-refractivity contribution in [1.29, 1.82) is 0 Å². The van der Waals surface area contributed by atoms with Crippen molar-refractivity contribution in [2.75, 3.05) is 13.1 Å². The first-order valence-electron chi connectivity index (χ1n) is 5.13. The molecule has 0 amide bonds. The summed E-state index contributed by atoms with van der Waals surface area (Å²) in [5, 5.41) is 2.64. The van der Waals surface area contributed by atoms with E-state index in [1.807, 2.05) is 32.9 Å². The predicted octanol–water partition coefficient (Wildman–Crippen LogP) is 3.56. The second kappa shape index (κ2) is 13.0. The molecule has 0 saturated heterocycles. The zero-order valence-electron chi connectivity index (χ0n) is 9.76. The Morgan fingerprint density at radius 1 is 1.40 bits per heavy atom. The Labute approximate surface area is 91.6 Å². The topological polar surface area (TPSA) is 12.0 Å². The van der Waals surface area contributed by atoms with Gasteiger partial charge in [-0.2, -0.15) is 0 Å². The Kier molecular flexibility index (Phi) is 14.3. The molecular formula is C12H21F2N. The molecule has 0 spiro atoms. The van der Waals surface area contributed by atoms with E-state index < -0.39 is 6.43 Å². The lowest BCUT2D eigenvalue weighted by atomic mass is 10.2. The number of hydrogen-bond donors (Lipinski definition) is 1. The fourth-order valence-corrected chi connectivity index (χ4v) is 0.774. The zero-order valence-corrected chi connectivity index (χ0v) is 9.76. The number of rotatable bonds is 6. The molecule has 0 heterocycles. The van der Waals surface area contributed by atoms with Gasteiger partial charge in [0.05, 0.1) is 6.54 Å². The minimum absolute atomic E-state index is 0.265. The summed E-state index contributed by atoms with van der Waals surface area (Å²) in [6.45, 7) is 9.59. The van der Waals surface area contributed by atoms with Crippen LogP contribution in [0.4, 0.5) is 8.78 Å². The molecule has 0 aliphatic heterocycles. The van der Waals surface area contributed by atoms with Crippen LogP contribution in [0.2, 0.25) is 0 Å². The van der Waals surface area contributed by atoms with Gasteiger partial charge in [0.15, 0.2) is 0 Å². The SMILES string of the molecule is C=C/C=C\C(=C/C)CNCC(F)F.CC. The van der Waals surface area contributed by atoms with E-state index in [0.29, 0.717) is 6.54 Å². The molecule has 0 atom stereocenters. The molecule has 0 aliphatic carbocycles. The van der Waals surface area contributed by atoms with Gasteiger partial charge in [0.1, 0.15) is 0 Å². The second-order valence-corrected chi connectivity index (χ2v) is 2.48. The van der Waals surface area contributed by atoms with Crippen molar-refractivity contribution < 1.29 is 8.78 Å². The highest BCUT2D eigenvalue weighted by Crippen LogP contribution is 1.96. The maximum atomic E-state index is 11.7. The van der Waals surface area contributed by atoms with Gasteiger partial charge in [-0.05, 0) is 12.5 Å². The van der Waals surface area contributed by atoms with Crippen LogP contribution in [0.1, 0.15) is 20.8 Å². The third kappa shape index (κ3) is 13.0. The smallest absolute Gasteiger partial charge is 0.250 e. The lowest BCUT2D eigenvalue weighted by Gasteiger charge is -2.03. The number of hydrogen-bond acceptors (Lipinski definition) is 1. The highest BCUT2D eigenvalue weighted by Gasteiger charge is 2.00. The number of allylic oxidation sites excluding steroid dienone is 3. The fourth-order valence-electron chi connectivity index (χ4n) is 0.774. The molecule has 0 radical (unpaired) electrons. The zero-order chi connectivity index (χ0) is 12.1. The van der Waals surface area contributed by atoms with Gasteiger partial charge in [0.25, 0.3) is 6.43 Å². The molecule has 15 heavy (non-hydrogen) atoms. The largest absolute Gasteiger partial charge is 0.307 e. The number of nitrogens with one attached hydrogen (secondary N) is 1. The Hall–Kier alpha value is -0.960. The average molecular weight is 217 g/mol. The molecule has 0 saturated carbocycles. The summed E-state index contributed by atoms with van der Waals surface area (Å²) in [5.41, 5.74) is 0.973. The number of halogens is 2. The summed E-state index contributed by atoms with van der Waals surface area (Å²) in [7, 11) is 0. The van der Waals surface area contributed by atoms with Crippen LogP contribution in [0.15, 0.2) is 36.5 Å². The van der Waals surface area contributed by atoms with E-state index in [-0.39, 0.29) is 6.54 Å². The summed E-state index contributed by atoms with van der Waals surface area (Å²) in [4.78, 5) is 0. The standard InChI is InChI=1S/C10H15F2N.C2H6/c1-3-5-6-9(4-2)7-13-8-10(11)12;1-2/h3-6,10,13H,1,7-8H2,2H3;1-2H3/b6-5-,9-4+;. The average Bonchev–Trinajstić information content (AvgIpc) is 2.25. The summed E-state index contributed by atoms with van der Waals surface area (Å²) in [6.07, 6.45) is 4.85. The quantitative estimate of drug-likeness (QED) is 0.671. The molecule has 1 N–H and O–H groups in total. The van der Waals surface area contributed by atoms with Crippen molar-refractivity contribution >= 4 is 0 Å². The van der Waals surface area contributed by atoms with Gasteiger partial charge >= 0.3 is 0 Å². The van der Waals surface area contributed by atoms with Crippen LogP contribution in [0, 0.1) is 0 Å². The molecular weight excluding hydrogens is 196 g/mol. The minimum atomic E-state index is -2.29. The monoisotopic (exact) mass is 217 g/mol. The molecule has 3 heteroatoms. The van der Waals surface area contributed by atoms with Crippen LogP contribution < -0.4 is 5.32 Å². The van der Waals surface area contributed by atoms with Crippen LogP contribution in [0.5, 0.6) is 0 Å². The van der Waals surface area contributed by atoms with E-state index in [1.54, 1.807) is 12.2 Å². The summed E-state index contributed by atoms with van der Waals surface area (Å²) in [5.74, 6) is 0. The molecule has 0 fully saturated rings. The third-order valence-corrected chi connectivity index (χ3v) is 1.44. The van der Waals surface area contributed by atoms with E-state index in [9.17, 15) is 8.78 Å². The van der Waals surface area contributed by atoms with Crippen molar-refractivity contribution in [2.24, 2.45) is 0 Å². The van der Waals surface area contributed by atoms with Gasteiger partial charge in [0.2, 0.25) is 0 Å². The van der Waals surface area contributed by atoms with Crippen molar-refractivity contribution in [2.45, 2.75) is 27.2 Å². The first kappa shape index (κ1) is 16.5. The van der Waals surface area contributed by atoms with Crippen LogP contribution in [-0.4, -0.2) is 19.5 Å². The van der Waals surface area contributed by atoms with Gasteiger partial charge in [-0.3, -0.25) is 0 Å². The van der Waals surface area contributed by atoms with Crippen LogP contribution >= 0.6 is 0 Å². The van der Waals surface area contributed by atoms with E-state index in [2.05, 4.69) is 11.9 Å². The van der Waals surface area contributed by atoms with Gasteiger partial charge in [-0.15, -0.1) is 0 Å². The van der Waals surface area contributed by atoms with Gasteiger partial charge in [-0.1, -0.05) is 44.7 Å². The highest BCUT2D eigenvalue weighted by atomic mass is 19.3. The Balaban J connectivity index is 0. The normalized spacial score (nSPS) is 11.5. The second-order valence-electron chi connectivity index (χ2n) is 2.48. The predicted molar refractivity (Wildman–Crippen MR) is 63.3 cm³/mol. The van der Waals surface area contributed by atoms with Crippen molar-refractivity contribution in [3.05, 3.63) is 36.5 Å². The minimum Gasteiger partial charge on any atom is -0.307 e. The van der Waals surface area contributed by atoms with Gasteiger partial charge in [-0.25, -0.2) is 8.78 Å². The lowest BCUT2D eigenvalue weighted by Crippen LogP contribution is -2.23. The summed E-state index contributed by atoms with van der Waals surface area (Å²) in [6, 6.07) is 0. The molecule has 1 nitrogen and oxygen atoms in total. The van der Waals surface area contributed by atoms with Crippen molar-refractivity contribution in [3.63, 3.8) is 0 Å². The fraction of sp³-hybridized carbons (Fsp3) is 0.500. The van der Waals surface area contributed by atoms with E-state index in [0.717, 1.165) is 5.57 Å².